The Kier molecular flexibility index (Phi) is 11.0. The third kappa shape index (κ3) is 7.86. The highest BCUT2D eigenvalue weighted by Crippen LogP contribution is 2.47. The van der Waals surface area contributed by atoms with E-state index in [1.165, 1.54) is 12.3 Å². The molecule has 1 aromatic rings. The van der Waals surface area contributed by atoms with E-state index in [0.29, 0.717) is 0 Å². The van der Waals surface area contributed by atoms with Gasteiger partial charge in [-0.25, -0.2) is 4.79 Å². The summed E-state index contributed by atoms with van der Waals surface area (Å²) in [7, 11) is -4.51. The summed E-state index contributed by atoms with van der Waals surface area (Å²) in [6.45, 7) is -1.24. The van der Waals surface area contributed by atoms with Crippen LogP contribution < -0.4 is 16.7 Å². The number of ether oxygens (including phenoxy) is 2. The number of carbonyl (C=O) groups is 1. The molecule has 0 aromatic carbocycles. The van der Waals surface area contributed by atoms with Gasteiger partial charge in [0.05, 0.1) is 43.7 Å². The van der Waals surface area contributed by atoms with Crippen molar-refractivity contribution in [2.45, 2.75) is 80.4 Å². The second-order valence-electron chi connectivity index (χ2n) is 10.2. The fourth-order valence-corrected chi connectivity index (χ4v) is 6.02. The van der Waals surface area contributed by atoms with Gasteiger partial charge in [0.1, 0.15) is 42.4 Å². The summed E-state index contributed by atoms with van der Waals surface area (Å²) in [5, 5.41) is 73.6. The molecule has 0 saturated carbocycles. The van der Waals surface area contributed by atoms with Crippen LogP contribution in [0.25, 0.3) is 0 Å². The predicted octanol–water partition coefficient (Wildman–Crippen LogP) is -4.86. The molecule has 2 saturated heterocycles. The van der Waals surface area contributed by atoms with Gasteiger partial charge in [-0.3, -0.25) is 13.9 Å². The molecule has 2 unspecified atom stereocenters. The number of aliphatic hydroxyl groups excluding tert-OH is 7. The maximum atomic E-state index is 12.8. The van der Waals surface area contributed by atoms with Gasteiger partial charge >= 0.3 is 13.3 Å². The van der Waals surface area contributed by atoms with E-state index in [-0.39, 0.29) is 12.2 Å². The molecule has 2 aliphatic rings. The van der Waals surface area contributed by atoms with Gasteiger partial charge in [-0.2, -0.15) is 4.98 Å². The number of nitrogens with one attached hydrogen (secondary N) is 1. The Morgan fingerprint density at radius 2 is 2.00 bits per heavy atom. The van der Waals surface area contributed by atoms with Gasteiger partial charge in [0.25, 0.3) is 0 Å². The van der Waals surface area contributed by atoms with E-state index in [1.807, 2.05) is 0 Å². The van der Waals surface area contributed by atoms with Gasteiger partial charge in [-0.05, 0) is 12.5 Å². The minimum Gasteiger partial charge on any atom is -0.394 e. The Labute approximate surface area is 233 Å². The highest BCUT2D eigenvalue weighted by atomic mass is 31.2. The van der Waals surface area contributed by atoms with Gasteiger partial charge in [0.15, 0.2) is 6.23 Å². The van der Waals surface area contributed by atoms with Crippen molar-refractivity contribution in [1.82, 2.24) is 14.9 Å². The molecule has 0 bridgehead atoms. The third-order valence-electron chi connectivity index (χ3n) is 7.07. The Bertz CT molecular complexity index is 1160. The Morgan fingerprint density at radius 3 is 2.59 bits per heavy atom. The van der Waals surface area contributed by atoms with Gasteiger partial charge in [0.2, 0.25) is 5.91 Å². The highest BCUT2D eigenvalue weighted by molar-refractivity contribution is 7.52. The monoisotopic (exact) mass is 612 g/mol. The lowest BCUT2D eigenvalue weighted by Gasteiger charge is -2.48. The van der Waals surface area contributed by atoms with Gasteiger partial charge < -0.3 is 65.7 Å². The van der Waals surface area contributed by atoms with Crippen molar-refractivity contribution in [2.24, 2.45) is 0 Å². The summed E-state index contributed by atoms with van der Waals surface area (Å²) in [6.07, 6.45) is -12.7. The maximum absolute atomic E-state index is 12.8. The number of aromatic nitrogens is 2. The fourth-order valence-electron chi connectivity index (χ4n) is 4.82. The largest absolute Gasteiger partial charge is 0.394 e. The number of carbonyl (C=O) groups excluding carboxylic acids is 1. The minimum atomic E-state index is -4.51. The number of rotatable bonds is 12. The number of nitrogens with zero attached hydrogens (tertiary/aromatic N) is 2. The third-order valence-corrected chi connectivity index (χ3v) is 8.41. The van der Waals surface area contributed by atoms with Crippen LogP contribution in [0, 0.1) is 0 Å². The SMILES string of the molecule is CC(=O)N[C@@H]1[C@@H](O)C[C@](CO)(CCP(=O)(O)OC[C@H]2O[C@@H](n3ccc(N)nc3=O)[C@H](O)[C@@H]2O)O[C@H]1C(O)[C@H](O)CO. The van der Waals surface area contributed by atoms with E-state index in [4.69, 9.17) is 19.7 Å². The van der Waals surface area contributed by atoms with Gasteiger partial charge in [0, 0.05) is 19.5 Å². The number of amides is 1. The summed E-state index contributed by atoms with van der Waals surface area (Å²) >= 11 is 0. The van der Waals surface area contributed by atoms with E-state index in [1.54, 1.807) is 0 Å². The van der Waals surface area contributed by atoms with Crippen LogP contribution in [-0.4, -0.2) is 136 Å². The predicted molar refractivity (Wildman–Crippen MR) is 136 cm³/mol. The molecular formula is C22H37N4O14P. The standard InChI is InChI=1S/C22H37N4O14P/c1-10(29)24-15-11(30)6-22(9-28,40-19(15)16(32)12(31)7-27)3-5-41(36,37)38-8-13-17(33)18(34)20(39-13)26-4-2-14(23)25-21(26)35/h2,4,11-13,15-20,27-28,30-34H,3,5-9H2,1H3,(H,24,29)(H,36,37)(H2,23,25,35)/t11-,12+,13+,15+,16?,17+,18+,19+,20+,22-/m0/s1. The van der Waals surface area contributed by atoms with Crippen LogP contribution in [0.3, 0.4) is 0 Å². The van der Waals surface area contributed by atoms with Crippen molar-refractivity contribution in [1.29, 1.82) is 0 Å². The molecule has 11 N–H and O–H groups in total. The van der Waals surface area contributed by atoms with Crippen molar-refractivity contribution in [3.63, 3.8) is 0 Å². The van der Waals surface area contributed by atoms with Crippen molar-refractivity contribution >= 4 is 19.3 Å². The zero-order valence-electron chi connectivity index (χ0n) is 22.0. The van der Waals surface area contributed by atoms with E-state index in [0.717, 1.165) is 11.5 Å². The van der Waals surface area contributed by atoms with Crippen LogP contribution in [0.5, 0.6) is 0 Å². The second kappa shape index (κ2) is 13.5. The summed E-state index contributed by atoms with van der Waals surface area (Å²) in [5.41, 5.74) is 2.85. The first kappa shape index (κ1) is 33.4. The molecule has 11 atom stereocenters. The lowest BCUT2D eigenvalue weighted by Crippen LogP contribution is -2.66. The topological polar surface area (TPSA) is 297 Å². The molecule has 41 heavy (non-hydrogen) atoms. The van der Waals surface area contributed by atoms with E-state index in [2.05, 4.69) is 10.3 Å². The number of anilines is 1. The van der Waals surface area contributed by atoms with Crippen molar-refractivity contribution in [2.75, 3.05) is 31.7 Å². The molecule has 3 rings (SSSR count). The van der Waals surface area contributed by atoms with Crippen molar-refractivity contribution < 1.29 is 64.0 Å². The first-order valence-electron chi connectivity index (χ1n) is 12.7. The quantitative estimate of drug-likeness (QED) is 0.0990. The summed E-state index contributed by atoms with van der Waals surface area (Å²) < 4.78 is 30.1. The number of hydrogen-bond donors (Lipinski definition) is 10. The smallest absolute Gasteiger partial charge is 0.351 e. The Balaban J connectivity index is 1.67. The number of aliphatic hydroxyl groups is 7. The normalized spacial score (nSPS) is 35.0. The molecule has 1 amide bonds. The zero-order chi connectivity index (χ0) is 30.7. The van der Waals surface area contributed by atoms with Crippen LogP contribution in [0.4, 0.5) is 5.82 Å². The van der Waals surface area contributed by atoms with E-state index in [9.17, 15) is 54.8 Å². The first-order valence-corrected chi connectivity index (χ1v) is 14.4. The molecular weight excluding hydrogens is 575 g/mol. The highest BCUT2D eigenvalue weighted by Gasteiger charge is 2.51. The van der Waals surface area contributed by atoms with Crippen LogP contribution in [0.15, 0.2) is 17.1 Å². The minimum absolute atomic E-state index is 0.0773. The molecule has 18 nitrogen and oxygen atoms in total. The molecule has 2 aliphatic heterocycles. The van der Waals surface area contributed by atoms with Crippen molar-refractivity contribution in [3.8, 4) is 0 Å². The fraction of sp³-hybridized carbons (Fsp3) is 0.773. The molecule has 3 heterocycles. The average Bonchev–Trinajstić information content (AvgIpc) is 3.19. The van der Waals surface area contributed by atoms with Crippen molar-refractivity contribution in [3.05, 3.63) is 22.7 Å². The Morgan fingerprint density at radius 1 is 1.32 bits per heavy atom. The molecule has 2 fully saturated rings. The molecule has 0 aliphatic carbocycles. The molecule has 19 heteroatoms. The maximum Gasteiger partial charge on any atom is 0.351 e. The lowest BCUT2D eigenvalue weighted by atomic mass is 9.82. The van der Waals surface area contributed by atoms with Crippen LogP contribution in [-0.2, 0) is 23.4 Å². The summed E-state index contributed by atoms with van der Waals surface area (Å²) in [6, 6.07) is 0.0215. The number of nitrogens with two attached hydrogens (primary N) is 1. The number of hydrogen-bond acceptors (Lipinski definition) is 15. The average molecular weight is 613 g/mol. The van der Waals surface area contributed by atoms with Gasteiger partial charge in [-0.1, -0.05) is 0 Å². The molecule has 0 radical (unpaired) electrons. The van der Waals surface area contributed by atoms with Crippen LogP contribution in [0.1, 0.15) is 26.0 Å². The first-order chi connectivity index (χ1) is 19.1. The van der Waals surface area contributed by atoms with Crippen LogP contribution in [0.2, 0.25) is 0 Å². The summed E-state index contributed by atoms with van der Waals surface area (Å²) in [4.78, 5) is 37.7. The molecule has 1 aromatic heterocycles. The molecule has 234 valence electrons. The Hall–Kier alpha value is -2.06. The lowest BCUT2D eigenvalue weighted by molar-refractivity contribution is -0.232. The second-order valence-corrected chi connectivity index (χ2v) is 12.1. The molecule has 0 spiro atoms. The zero-order valence-corrected chi connectivity index (χ0v) is 22.9. The van der Waals surface area contributed by atoms with Crippen LogP contribution >= 0.6 is 7.60 Å². The van der Waals surface area contributed by atoms with E-state index >= 15 is 0 Å². The number of nitrogen functional groups attached to an aromatic ring is 1. The van der Waals surface area contributed by atoms with E-state index < -0.39 is 112 Å². The summed E-state index contributed by atoms with van der Waals surface area (Å²) in [5.74, 6) is -0.675. The van der Waals surface area contributed by atoms with Gasteiger partial charge in [-0.15, -0.1) is 0 Å².